The van der Waals surface area contributed by atoms with Gasteiger partial charge in [-0.1, -0.05) is 31.6 Å². The molecular formula is C23H30FNO2. The quantitative estimate of drug-likeness (QED) is 0.627. The first-order chi connectivity index (χ1) is 12.7. The Morgan fingerprint density at radius 3 is 2.67 bits per heavy atom. The second-order valence-corrected chi connectivity index (χ2v) is 7.77. The lowest BCUT2D eigenvalue weighted by Crippen LogP contribution is -2.19. The molecule has 0 unspecified atom stereocenters. The van der Waals surface area contributed by atoms with Crippen LogP contribution in [-0.4, -0.2) is 12.5 Å². The first-order valence-corrected chi connectivity index (χ1v) is 9.49. The van der Waals surface area contributed by atoms with Gasteiger partial charge in [0.25, 0.3) is 0 Å². The summed E-state index contributed by atoms with van der Waals surface area (Å²) in [5, 5.41) is 0. The van der Waals surface area contributed by atoms with Crippen molar-refractivity contribution in [2.75, 3.05) is 6.61 Å². The Balaban J connectivity index is 2.41. The topological polar surface area (TPSA) is 52.3 Å². The zero-order valence-electron chi connectivity index (χ0n) is 17.0. The molecule has 0 spiro atoms. The average molecular weight is 371 g/mol. The largest absolute Gasteiger partial charge is 0.493 e. The minimum absolute atomic E-state index is 0.106. The minimum atomic E-state index is -0.564. The first-order valence-electron chi connectivity index (χ1n) is 9.49. The van der Waals surface area contributed by atoms with Crippen LogP contribution in [0.4, 0.5) is 4.39 Å². The highest BCUT2D eigenvalue weighted by molar-refractivity contribution is 5.93. The Labute approximate surface area is 161 Å². The van der Waals surface area contributed by atoms with Crippen LogP contribution in [-0.2, 0) is 0 Å². The minimum Gasteiger partial charge on any atom is -0.493 e. The number of benzene rings is 1. The summed E-state index contributed by atoms with van der Waals surface area (Å²) >= 11 is 0. The summed E-state index contributed by atoms with van der Waals surface area (Å²) in [5.74, 6) is -0.601. The molecule has 2 rings (SSSR count). The molecule has 0 radical (unpaired) electrons. The fraction of sp³-hybridized carbons (Fsp3) is 0.435. The lowest BCUT2D eigenvalue weighted by Gasteiger charge is -2.33. The molecule has 0 aromatic heterocycles. The van der Waals surface area contributed by atoms with Crippen LogP contribution in [0.3, 0.4) is 0 Å². The number of rotatable bonds is 6. The van der Waals surface area contributed by atoms with Crippen LogP contribution in [0.25, 0.3) is 5.83 Å². The third kappa shape index (κ3) is 4.88. The van der Waals surface area contributed by atoms with E-state index in [2.05, 4.69) is 20.8 Å². The lowest BCUT2D eigenvalue weighted by molar-refractivity contribution is 0.1000. The van der Waals surface area contributed by atoms with Crippen LogP contribution in [0.2, 0.25) is 0 Å². The predicted molar refractivity (Wildman–Crippen MR) is 109 cm³/mol. The standard InChI is InChI=1S/C23H30FNO2/c1-6-27-20-14-17(22(25)26)10-11-18(20)21(24)16(3)9-12-19-15(2)8-7-13-23(19,4)5/h9-12,14H,6-8,13H2,1-5H3,(H2,25,26). The number of amides is 1. The third-order valence-corrected chi connectivity index (χ3v) is 5.19. The van der Waals surface area contributed by atoms with Gasteiger partial charge in [-0.25, -0.2) is 4.39 Å². The van der Waals surface area contributed by atoms with Gasteiger partial charge >= 0.3 is 0 Å². The number of allylic oxidation sites excluding steroid dienone is 5. The number of carbonyl (C=O) groups is 1. The predicted octanol–water partition coefficient (Wildman–Crippen LogP) is 5.97. The molecule has 1 amide bonds. The molecule has 0 fully saturated rings. The maximum absolute atomic E-state index is 15.1. The lowest BCUT2D eigenvalue weighted by atomic mass is 9.72. The highest BCUT2D eigenvalue weighted by atomic mass is 19.1. The smallest absolute Gasteiger partial charge is 0.248 e. The zero-order valence-corrected chi connectivity index (χ0v) is 17.0. The third-order valence-electron chi connectivity index (χ3n) is 5.19. The van der Waals surface area contributed by atoms with E-state index in [-0.39, 0.29) is 11.2 Å². The van der Waals surface area contributed by atoms with Gasteiger partial charge in [0, 0.05) is 5.56 Å². The maximum atomic E-state index is 15.1. The van der Waals surface area contributed by atoms with Crippen LogP contribution in [0.15, 0.2) is 47.1 Å². The first kappa shape index (κ1) is 20.9. The molecule has 0 saturated heterocycles. The van der Waals surface area contributed by atoms with Crippen LogP contribution in [0.5, 0.6) is 5.75 Å². The van der Waals surface area contributed by atoms with Crippen molar-refractivity contribution in [1.82, 2.24) is 0 Å². The van der Waals surface area contributed by atoms with E-state index in [1.165, 1.54) is 29.7 Å². The summed E-state index contributed by atoms with van der Waals surface area (Å²) in [4.78, 5) is 11.4. The van der Waals surface area contributed by atoms with Crippen LogP contribution in [0, 0.1) is 5.41 Å². The average Bonchev–Trinajstić information content (AvgIpc) is 2.60. The van der Waals surface area contributed by atoms with Gasteiger partial charge < -0.3 is 10.5 Å². The molecule has 1 aliphatic rings. The molecule has 0 aliphatic heterocycles. The summed E-state index contributed by atoms with van der Waals surface area (Å²) in [6.45, 7) is 10.6. The molecule has 0 saturated carbocycles. The number of halogens is 1. The van der Waals surface area contributed by atoms with Crippen LogP contribution in [0.1, 0.15) is 69.8 Å². The summed E-state index contributed by atoms with van der Waals surface area (Å²) < 4.78 is 20.6. The van der Waals surface area contributed by atoms with Crippen molar-refractivity contribution in [2.45, 2.75) is 53.9 Å². The van der Waals surface area contributed by atoms with E-state index in [0.29, 0.717) is 29.1 Å². The molecule has 0 atom stereocenters. The summed E-state index contributed by atoms with van der Waals surface area (Å²) in [6.07, 6.45) is 7.31. The van der Waals surface area contributed by atoms with Gasteiger partial charge in [0.15, 0.2) is 0 Å². The van der Waals surface area contributed by atoms with Gasteiger partial charge in [0.05, 0.1) is 12.2 Å². The second-order valence-electron chi connectivity index (χ2n) is 7.77. The van der Waals surface area contributed by atoms with Gasteiger partial charge in [-0.15, -0.1) is 0 Å². The molecule has 3 nitrogen and oxygen atoms in total. The maximum Gasteiger partial charge on any atom is 0.248 e. The van der Waals surface area contributed by atoms with Crippen molar-refractivity contribution in [2.24, 2.45) is 11.1 Å². The summed E-state index contributed by atoms with van der Waals surface area (Å²) in [7, 11) is 0. The molecule has 146 valence electrons. The molecule has 0 heterocycles. The molecule has 1 aromatic carbocycles. The fourth-order valence-corrected chi connectivity index (χ4v) is 3.64. The van der Waals surface area contributed by atoms with E-state index in [0.717, 1.165) is 12.8 Å². The molecule has 27 heavy (non-hydrogen) atoms. The molecule has 1 aromatic rings. The van der Waals surface area contributed by atoms with E-state index in [1.807, 2.05) is 19.1 Å². The van der Waals surface area contributed by atoms with Crippen molar-refractivity contribution in [3.05, 3.63) is 58.2 Å². The number of carbonyl (C=O) groups excluding carboxylic acids is 1. The number of primary amides is 1. The SMILES string of the molecule is CCOc1cc(C(N)=O)ccc1C(F)=C(C)C=CC1=C(C)CCCC1(C)C. The van der Waals surface area contributed by atoms with Gasteiger partial charge in [-0.05, 0) is 74.8 Å². The van der Waals surface area contributed by atoms with E-state index in [9.17, 15) is 4.79 Å². The molecular weight excluding hydrogens is 341 g/mol. The van der Waals surface area contributed by atoms with Crippen LogP contribution < -0.4 is 10.5 Å². The number of hydrogen-bond donors (Lipinski definition) is 1. The second kappa shape index (κ2) is 8.55. The van der Waals surface area contributed by atoms with Crippen molar-refractivity contribution in [1.29, 1.82) is 0 Å². The van der Waals surface area contributed by atoms with E-state index < -0.39 is 5.91 Å². The summed E-state index contributed by atoms with van der Waals surface area (Å²) in [6, 6.07) is 4.56. The normalized spacial score (nSPS) is 17.9. The van der Waals surface area contributed by atoms with E-state index in [1.54, 1.807) is 13.0 Å². The van der Waals surface area contributed by atoms with Gasteiger partial charge in [-0.3, -0.25) is 4.79 Å². The van der Waals surface area contributed by atoms with Crippen molar-refractivity contribution < 1.29 is 13.9 Å². The molecule has 4 heteroatoms. The van der Waals surface area contributed by atoms with Gasteiger partial charge in [0.1, 0.15) is 11.6 Å². The van der Waals surface area contributed by atoms with E-state index >= 15 is 4.39 Å². The number of nitrogens with two attached hydrogens (primary N) is 1. The summed E-state index contributed by atoms with van der Waals surface area (Å²) in [5.41, 5.74) is 9.23. The van der Waals surface area contributed by atoms with E-state index in [4.69, 9.17) is 10.5 Å². The van der Waals surface area contributed by atoms with Crippen LogP contribution >= 0.6 is 0 Å². The fourth-order valence-electron chi connectivity index (χ4n) is 3.64. The Morgan fingerprint density at radius 1 is 1.37 bits per heavy atom. The van der Waals surface area contributed by atoms with Gasteiger partial charge in [0.2, 0.25) is 5.91 Å². The molecule has 2 N–H and O–H groups in total. The number of ether oxygens (including phenoxy) is 1. The van der Waals surface area contributed by atoms with Gasteiger partial charge in [-0.2, -0.15) is 0 Å². The Hall–Kier alpha value is -2.36. The molecule has 0 bridgehead atoms. The van der Waals surface area contributed by atoms with Crippen molar-refractivity contribution >= 4 is 11.7 Å². The zero-order chi connectivity index (χ0) is 20.2. The monoisotopic (exact) mass is 371 g/mol. The van der Waals surface area contributed by atoms with Crippen molar-refractivity contribution in [3.8, 4) is 5.75 Å². The Bertz CT molecular complexity index is 816. The molecule has 1 aliphatic carbocycles. The number of hydrogen-bond acceptors (Lipinski definition) is 2. The Morgan fingerprint density at radius 2 is 2.07 bits per heavy atom. The highest BCUT2D eigenvalue weighted by Crippen LogP contribution is 2.41. The highest BCUT2D eigenvalue weighted by Gasteiger charge is 2.26. The van der Waals surface area contributed by atoms with Crippen molar-refractivity contribution in [3.63, 3.8) is 0 Å². The Kier molecular flexibility index (Phi) is 6.63.